The molecule has 1 fully saturated rings. The van der Waals surface area contributed by atoms with Gasteiger partial charge in [-0.1, -0.05) is 35.7 Å². The molecule has 1 unspecified atom stereocenters. The van der Waals surface area contributed by atoms with E-state index in [1.165, 1.54) is 7.05 Å². The van der Waals surface area contributed by atoms with Crippen molar-refractivity contribution in [2.45, 2.75) is 30.8 Å². The lowest BCUT2D eigenvalue weighted by Crippen LogP contribution is -2.45. The van der Waals surface area contributed by atoms with E-state index < -0.39 is 5.34 Å². The SMILES string of the molecule is CN.[B]C1([B])CCC(Cn2ccc(-c3ccccc3)n2)N1. The van der Waals surface area contributed by atoms with Gasteiger partial charge in [-0.25, -0.2) is 0 Å². The summed E-state index contributed by atoms with van der Waals surface area (Å²) in [5.41, 5.74) is 6.62. The summed E-state index contributed by atoms with van der Waals surface area (Å²) in [5, 5.41) is 7.09. The molecular formula is C15H20B2N4. The Morgan fingerprint density at radius 1 is 1.29 bits per heavy atom. The molecule has 4 nitrogen and oxygen atoms in total. The molecule has 106 valence electrons. The van der Waals surface area contributed by atoms with Crippen LogP contribution in [0.4, 0.5) is 0 Å². The zero-order chi connectivity index (χ0) is 15.3. The maximum atomic E-state index is 5.86. The normalized spacial score (nSPS) is 19.8. The van der Waals surface area contributed by atoms with E-state index in [2.05, 4.69) is 28.3 Å². The molecule has 0 aliphatic carbocycles. The van der Waals surface area contributed by atoms with Crippen LogP contribution in [-0.4, -0.2) is 43.9 Å². The summed E-state index contributed by atoms with van der Waals surface area (Å²) in [4.78, 5) is 0. The number of benzene rings is 1. The van der Waals surface area contributed by atoms with Crippen molar-refractivity contribution in [1.29, 1.82) is 0 Å². The van der Waals surface area contributed by atoms with Crippen molar-refractivity contribution in [3.05, 3.63) is 42.6 Å². The number of rotatable bonds is 3. The first-order valence-corrected chi connectivity index (χ1v) is 7.14. The van der Waals surface area contributed by atoms with Gasteiger partial charge < -0.3 is 11.1 Å². The van der Waals surface area contributed by atoms with E-state index in [1.54, 1.807) is 0 Å². The lowest BCUT2D eigenvalue weighted by Gasteiger charge is -2.21. The second-order valence-corrected chi connectivity index (χ2v) is 5.21. The third-order valence-corrected chi connectivity index (χ3v) is 3.50. The minimum absolute atomic E-state index is 0.290. The fourth-order valence-electron chi connectivity index (χ4n) is 2.53. The summed E-state index contributed by atoms with van der Waals surface area (Å²) >= 11 is 0. The van der Waals surface area contributed by atoms with Gasteiger partial charge in [0.25, 0.3) is 0 Å². The molecule has 2 heterocycles. The first kappa shape index (κ1) is 15.9. The van der Waals surface area contributed by atoms with E-state index in [0.717, 1.165) is 30.6 Å². The molecule has 1 saturated heterocycles. The summed E-state index contributed by atoms with van der Waals surface area (Å²) in [6.45, 7) is 0.795. The fourth-order valence-corrected chi connectivity index (χ4v) is 2.53. The van der Waals surface area contributed by atoms with Crippen LogP contribution in [0.1, 0.15) is 12.8 Å². The van der Waals surface area contributed by atoms with Crippen LogP contribution in [0.3, 0.4) is 0 Å². The van der Waals surface area contributed by atoms with Gasteiger partial charge in [0.1, 0.15) is 0 Å². The second kappa shape index (κ2) is 6.96. The van der Waals surface area contributed by atoms with Crippen LogP contribution in [-0.2, 0) is 6.54 Å². The van der Waals surface area contributed by atoms with Crippen LogP contribution in [0.5, 0.6) is 0 Å². The van der Waals surface area contributed by atoms with Crippen LogP contribution < -0.4 is 11.1 Å². The number of nitrogens with zero attached hydrogens (tertiary/aromatic N) is 2. The van der Waals surface area contributed by atoms with Gasteiger partial charge in [-0.15, -0.1) is 0 Å². The zero-order valence-corrected chi connectivity index (χ0v) is 12.4. The van der Waals surface area contributed by atoms with Crippen LogP contribution in [0.25, 0.3) is 11.3 Å². The minimum atomic E-state index is -0.722. The van der Waals surface area contributed by atoms with Gasteiger partial charge in [-0.2, -0.15) is 5.10 Å². The zero-order valence-electron chi connectivity index (χ0n) is 12.4. The topological polar surface area (TPSA) is 55.9 Å². The van der Waals surface area contributed by atoms with E-state index in [0.29, 0.717) is 6.04 Å². The maximum absolute atomic E-state index is 5.86. The van der Waals surface area contributed by atoms with E-state index in [1.807, 2.05) is 35.1 Å². The van der Waals surface area contributed by atoms with Gasteiger partial charge in [0.15, 0.2) is 0 Å². The highest BCUT2D eigenvalue weighted by Crippen LogP contribution is 2.20. The summed E-state index contributed by atoms with van der Waals surface area (Å²) in [6.07, 6.45) is 3.77. The Kier molecular flexibility index (Phi) is 5.26. The molecule has 2 aromatic rings. The molecule has 21 heavy (non-hydrogen) atoms. The van der Waals surface area contributed by atoms with Crippen molar-refractivity contribution in [1.82, 2.24) is 15.1 Å². The molecule has 0 amide bonds. The molecule has 0 saturated carbocycles. The molecule has 6 heteroatoms. The second-order valence-electron chi connectivity index (χ2n) is 5.21. The molecule has 3 N–H and O–H groups in total. The Bertz CT molecular complexity index is 554. The van der Waals surface area contributed by atoms with Crippen LogP contribution >= 0.6 is 0 Å². The number of nitrogens with two attached hydrogens (primary N) is 1. The van der Waals surface area contributed by atoms with Crippen molar-refractivity contribution >= 4 is 15.7 Å². The molecule has 0 spiro atoms. The molecule has 1 aliphatic rings. The van der Waals surface area contributed by atoms with E-state index >= 15 is 0 Å². The number of hydrogen-bond donors (Lipinski definition) is 2. The highest BCUT2D eigenvalue weighted by molar-refractivity contribution is 6.40. The van der Waals surface area contributed by atoms with Gasteiger partial charge in [0.2, 0.25) is 0 Å². The molecule has 1 aliphatic heterocycles. The van der Waals surface area contributed by atoms with Crippen molar-refractivity contribution in [3.8, 4) is 11.3 Å². The van der Waals surface area contributed by atoms with Crippen LogP contribution in [0, 0.1) is 0 Å². The summed E-state index contributed by atoms with van der Waals surface area (Å²) < 4.78 is 1.95. The van der Waals surface area contributed by atoms with E-state index in [-0.39, 0.29) is 0 Å². The maximum Gasteiger partial charge on any atom is 0.0923 e. The van der Waals surface area contributed by atoms with Crippen molar-refractivity contribution in [3.63, 3.8) is 0 Å². The molecule has 1 aromatic carbocycles. The largest absolute Gasteiger partial charge is 0.333 e. The van der Waals surface area contributed by atoms with E-state index in [4.69, 9.17) is 15.7 Å². The van der Waals surface area contributed by atoms with Crippen LogP contribution in [0.2, 0.25) is 0 Å². The van der Waals surface area contributed by atoms with Gasteiger partial charge >= 0.3 is 0 Å². The Hall–Kier alpha value is -1.52. The Balaban J connectivity index is 0.000000774. The number of hydrogen-bond acceptors (Lipinski definition) is 3. The molecule has 4 radical (unpaired) electrons. The summed E-state index contributed by atoms with van der Waals surface area (Å²) in [5.74, 6) is 0. The summed E-state index contributed by atoms with van der Waals surface area (Å²) in [6, 6.07) is 12.5. The molecule has 3 rings (SSSR count). The molecule has 1 atom stereocenters. The highest BCUT2D eigenvalue weighted by Gasteiger charge is 2.28. The van der Waals surface area contributed by atoms with Gasteiger partial charge in [-0.3, -0.25) is 4.68 Å². The van der Waals surface area contributed by atoms with Crippen molar-refractivity contribution in [2.75, 3.05) is 7.05 Å². The van der Waals surface area contributed by atoms with Crippen molar-refractivity contribution in [2.24, 2.45) is 5.73 Å². The average Bonchev–Trinajstić information content (AvgIpc) is 3.09. The first-order chi connectivity index (χ1) is 10.1. The van der Waals surface area contributed by atoms with Gasteiger partial charge in [-0.05, 0) is 26.0 Å². The quantitative estimate of drug-likeness (QED) is 0.819. The minimum Gasteiger partial charge on any atom is -0.333 e. The average molecular weight is 278 g/mol. The molecule has 0 bridgehead atoms. The van der Waals surface area contributed by atoms with Crippen LogP contribution in [0.15, 0.2) is 42.6 Å². The standard InChI is InChI=1S/C14H15B2N3.CH5N/c15-14(16)8-6-12(17-14)10-19-9-7-13(18-19)11-4-2-1-3-5-11;1-2/h1-5,7,9,12,17H,6,8,10H2;2H2,1H3. The molecule has 1 aromatic heterocycles. The molecular weight excluding hydrogens is 258 g/mol. The third-order valence-electron chi connectivity index (χ3n) is 3.50. The Labute approximate surface area is 128 Å². The van der Waals surface area contributed by atoms with Gasteiger partial charge in [0, 0.05) is 17.8 Å². The fraction of sp³-hybridized carbons (Fsp3) is 0.400. The Morgan fingerprint density at radius 2 is 2.00 bits per heavy atom. The van der Waals surface area contributed by atoms with Gasteiger partial charge in [0.05, 0.1) is 27.9 Å². The third kappa shape index (κ3) is 4.22. The lowest BCUT2D eigenvalue weighted by molar-refractivity contribution is 0.466. The Morgan fingerprint density at radius 3 is 2.62 bits per heavy atom. The smallest absolute Gasteiger partial charge is 0.0923 e. The monoisotopic (exact) mass is 278 g/mol. The highest BCUT2D eigenvalue weighted by atomic mass is 15.3. The summed E-state index contributed by atoms with van der Waals surface area (Å²) in [7, 11) is 13.2. The first-order valence-electron chi connectivity index (χ1n) is 7.14. The number of nitrogens with one attached hydrogen (secondary N) is 1. The predicted molar refractivity (Wildman–Crippen MR) is 88.2 cm³/mol. The lowest BCUT2D eigenvalue weighted by atomic mass is 9.61. The van der Waals surface area contributed by atoms with Crippen molar-refractivity contribution < 1.29 is 0 Å². The van der Waals surface area contributed by atoms with E-state index in [9.17, 15) is 0 Å². The predicted octanol–water partition coefficient (Wildman–Crippen LogP) is 0.868. The number of aromatic nitrogens is 2.